The minimum atomic E-state index is -1.17. The number of benzene rings is 2. The number of fused-ring (bicyclic) bond motifs is 8. The number of allylic oxidation sites excluding steroid dienone is 4. The summed E-state index contributed by atoms with van der Waals surface area (Å²) in [4.78, 5) is 66.3. The van der Waals surface area contributed by atoms with Crippen molar-refractivity contribution in [3.63, 3.8) is 0 Å². The SMILES string of the molecule is CC(C)(C)c1cc(-c2c3nc(cc4[nH]c(cc4/C=C/C(=O)O)c(-c4cc(C(C)(C)C)cc(C(C)(C)C)c4)c4nc(cc5[nH]c2cc5/C=C/C(=O)O)C(/C=C/C(=O)O)=C4)C(/C=C/C(=O)O)=C3)cc(C(C)(C)C)c1. The first-order chi connectivity index (χ1) is 33.4. The zero-order valence-electron chi connectivity index (χ0n) is 42.9. The molecule has 3 aromatic heterocycles. The normalized spacial score (nSPS) is 13.7. The van der Waals surface area contributed by atoms with Gasteiger partial charge in [0, 0.05) is 79.8 Å². The van der Waals surface area contributed by atoms with Crippen molar-refractivity contribution in [1.82, 2.24) is 19.9 Å². The fraction of sp³-hybridized carbons (Fsp3) is 0.267. The Bertz CT molecular complexity index is 3160. The number of aromatic amines is 2. The van der Waals surface area contributed by atoms with Crippen LogP contribution in [0, 0.1) is 0 Å². The summed E-state index contributed by atoms with van der Waals surface area (Å²) in [6, 6.07) is 20.0. The molecule has 12 nitrogen and oxygen atoms in total. The van der Waals surface area contributed by atoms with Gasteiger partial charge in [0.05, 0.1) is 22.8 Å². The van der Waals surface area contributed by atoms with E-state index in [2.05, 4.69) is 129 Å². The molecule has 0 unspecified atom stereocenters. The van der Waals surface area contributed by atoms with Crippen LogP contribution in [0.2, 0.25) is 0 Å². The molecule has 0 aliphatic carbocycles. The lowest BCUT2D eigenvalue weighted by molar-refractivity contribution is -0.132. The predicted molar refractivity (Wildman–Crippen MR) is 289 cm³/mol. The van der Waals surface area contributed by atoms with E-state index in [4.69, 9.17) is 9.97 Å². The van der Waals surface area contributed by atoms with Crippen LogP contribution in [0.15, 0.2) is 97.1 Å². The van der Waals surface area contributed by atoms with E-state index in [0.29, 0.717) is 78.2 Å². The van der Waals surface area contributed by atoms with E-state index in [0.717, 1.165) is 57.7 Å². The van der Waals surface area contributed by atoms with Crippen LogP contribution in [0.3, 0.4) is 0 Å². The number of nitrogens with one attached hydrogen (secondary N) is 2. The monoisotopic (exact) mass is 966 g/mol. The van der Waals surface area contributed by atoms with Crippen molar-refractivity contribution in [3.8, 4) is 22.3 Å². The van der Waals surface area contributed by atoms with Gasteiger partial charge in [0.1, 0.15) is 0 Å². The lowest BCUT2D eigenvalue weighted by Crippen LogP contribution is -2.16. The van der Waals surface area contributed by atoms with E-state index in [1.54, 1.807) is 24.3 Å². The highest BCUT2D eigenvalue weighted by molar-refractivity contribution is 6.03. The Morgan fingerprint density at radius 1 is 0.403 bits per heavy atom. The maximum absolute atomic E-state index is 12.2. The average molecular weight is 967 g/mol. The number of rotatable bonds is 10. The summed E-state index contributed by atoms with van der Waals surface area (Å²) in [5, 5.41) is 39.7. The summed E-state index contributed by atoms with van der Waals surface area (Å²) < 4.78 is 0. The Balaban J connectivity index is 1.80. The molecule has 2 aliphatic heterocycles. The van der Waals surface area contributed by atoms with Crippen molar-refractivity contribution in [2.45, 2.75) is 105 Å². The Kier molecular flexibility index (Phi) is 13.8. The van der Waals surface area contributed by atoms with Crippen LogP contribution in [0.1, 0.15) is 139 Å². The molecule has 8 bridgehead atoms. The van der Waals surface area contributed by atoms with Gasteiger partial charge in [0.2, 0.25) is 0 Å². The van der Waals surface area contributed by atoms with Crippen molar-refractivity contribution in [1.29, 1.82) is 0 Å². The number of carboxylic acid groups (broad SMARTS) is 4. The van der Waals surface area contributed by atoms with Crippen LogP contribution in [-0.4, -0.2) is 64.2 Å². The molecule has 0 radical (unpaired) electrons. The summed E-state index contributed by atoms with van der Waals surface area (Å²) in [6.07, 6.45) is 13.7. The van der Waals surface area contributed by atoms with Crippen molar-refractivity contribution in [3.05, 3.63) is 153 Å². The number of nitrogens with zero attached hydrogens (tertiary/aromatic N) is 2. The van der Waals surface area contributed by atoms with E-state index in [-0.39, 0.29) is 21.7 Å². The molecule has 6 N–H and O–H groups in total. The molecule has 7 rings (SSSR count). The highest BCUT2D eigenvalue weighted by atomic mass is 16.4. The van der Waals surface area contributed by atoms with Crippen LogP contribution in [0.25, 0.3) is 79.8 Å². The summed E-state index contributed by atoms with van der Waals surface area (Å²) >= 11 is 0. The molecule has 2 aromatic carbocycles. The lowest BCUT2D eigenvalue weighted by Gasteiger charge is -2.26. The van der Waals surface area contributed by atoms with Gasteiger partial charge in [-0.3, -0.25) is 0 Å². The molecule has 5 aromatic rings. The molecule has 5 heterocycles. The fourth-order valence-electron chi connectivity index (χ4n) is 8.48. The Morgan fingerprint density at radius 3 is 0.972 bits per heavy atom. The van der Waals surface area contributed by atoms with Crippen LogP contribution in [0.5, 0.6) is 0 Å². The third-order valence-corrected chi connectivity index (χ3v) is 12.6. The summed E-state index contributed by atoms with van der Waals surface area (Å²) in [7, 11) is 0. The van der Waals surface area contributed by atoms with Gasteiger partial charge in [0.25, 0.3) is 0 Å². The average Bonchev–Trinajstić information content (AvgIpc) is 4.05. The quantitative estimate of drug-likeness (QED) is 0.0730. The van der Waals surface area contributed by atoms with E-state index in [1.807, 2.05) is 12.1 Å². The topological polar surface area (TPSA) is 207 Å². The Hall–Kier alpha value is -8.12. The number of hydrogen-bond donors (Lipinski definition) is 6. The van der Waals surface area contributed by atoms with Crippen molar-refractivity contribution in [2.24, 2.45) is 0 Å². The zero-order chi connectivity index (χ0) is 52.8. The minimum Gasteiger partial charge on any atom is -0.478 e. The molecule has 0 atom stereocenters. The number of carboxylic acids is 4. The van der Waals surface area contributed by atoms with Crippen molar-refractivity contribution >= 4 is 81.4 Å². The Morgan fingerprint density at radius 2 is 0.694 bits per heavy atom. The molecular weight excluding hydrogens is 905 g/mol. The zero-order valence-corrected chi connectivity index (χ0v) is 42.9. The largest absolute Gasteiger partial charge is 0.478 e. The molecule has 0 amide bonds. The molecule has 12 heteroatoms. The molecule has 0 fully saturated rings. The van der Waals surface area contributed by atoms with Crippen molar-refractivity contribution < 1.29 is 39.6 Å². The second-order valence-electron chi connectivity index (χ2n) is 22.4. The van der Waals surface area contributed by atoms with Crippen LogP contribution in [-0.2, 0) is 40.8 Å². The number of H-pyrrole nitrogens is 2. The first-order valence-electron chi connectivity index (χ1n) is 23.7. The van der Waals surface area contributed by atoms with Gasteiger partial charge in [0.15, 0.2) is 0 Å². The Labute approximate surface area is 419 Å². The summed E-state index contributed by atoms with van der Waals surface area (Å²) in [6.45, 7) is 25.6. The second kappa shape index (κ2) is 19.2. The third-order valence-electron chi connectivity index (χ3n) is 12.6. The number of carbonyl (C=O) groups is 4. The summed E-state index contributed by atoms with van der Waals surface area (Å²) in [5.74, 6) is -4.67. The summed E-state index contributed by atoms with van der Waals surface area (Å²) in [5.41, 5.74) is 11.4. The standard InChI is InChI=1S/C60H62N4O8/c1-57(2,3)39-21-37(22-40(29-39)58(4,5)6)55-47-25-33(13-17-51(65)66)43(61-47)31-45-35(15-19-53(69)70)27-49(63-45)56(38-23-41(59(7,8)9)30-42(24-38)60(10,11)12)50-28-36(16-20-54(71)72)46(64-50)32-44-34(14-18-52(67)68)26-48(55)62-44/h13-32,61,64H,1-12H3,(H,65,66)(H,67,68)(H,69,70)(H,71,72)/b17-13+,18-14+,19-15+,20-16+,43-31?,44-32?,45-31?,46-32?,55-47?,55-48?,56-49?,56-50?. The van der Waals surface area contributed by atoms with Gasteiger partial charge in [-0.2, -0.15) is 0 Å². The molecule has 370 valence electrons. The van der Waals surface area contributed by atoms with Crippen LogP contribution >= 0.6 is 0 Å². The molecule has 0 saturated carbocycles. The van der Waals surface area contributed by atoms with Crippen LogP contribution in [0.4, 0.5) is 0 Å². The first-order valence-corrected chi connectivity index (χ1v) is 23.7. The van der Waals surface area contributed by atoms with Crippen LogP contribution < -0.4 is 0 Å². The number of aliphatic carboxylic acids is 4. The molecular formula is C60H62N4O8. The third kappa shape index (κ3) is 11.7. The molecule has 0 spiro atoms. The van der Waals surface area contributed by atoms with Gasteiger partial charge < -0.3 is 30.4 Å². The second-order valence-corrected chi connectivity index (χ2v) is 22.4. The van der Waals surface area contributed by atoms with E-state index in [1.165, 1.54) is 24.3 Å². The van der Waals surface area contributed by atoms with Crippen molar-refractivity contribution in [2.75, 3.05) is 0 Å². The molecule has 2 aliphatic rings. The van der Waals surface area contributed by atoms with E-state index < -0.39 is 23.9 Å². The van der Waals surface area contributed by atoms with E-state index >= 15 is 0 Å². The van der Waals surface area contributed by atoms with Gasteiger partial charge in [-0.05, 0) is 116 Å². The van der Waals surface area contributed by atoms with Gasteiger partial charge in [-0.15, -0.1) is 0 Å². The molecule has 0 saturated heterocycles. The van der Waals surface area contributed by atoms with Gasteiger partial charge in [-0.25, -0.2) is 29.1 Å². The molecule has 72 heavy (non-hydrogen) atoms. The minimum absolute atomic E-state index is 0.294. The maximum atomic E-state index is 12.2. The first kappa shape index (κ1) is 51.7. The highest BCUT2D eigenvalue weighted by Crippen LogP contribution is 2.42. The fourth-order valence-corrected chi connectivity index (χ4v) is 8.48. The number of hydrogen-bond acceptors (Lipinski definition) is 6. The lowest BCUT2D eigenvalue weighted by atomic mass is 9.78. The predicted octanol–water partition coefficient (Wildman–Crippen LogP) is 13.4. The number of aromatic nitrogens is 4. The maximum Gasteiger partial charge on any atom is 0.328 e. The van der Waals surface area contributed by atoms with Gasteiger partial charge in [-0.1, -0.05) is 119 Å². The van der Waals surface area contributed by atoms with Gasteiger partial charge >= 0.3 is 23.9 Å². The van der Waals surface area contributed by atoms with E-state index in [9.17, 15) is 39.6 Å². The highest BCUT2D eigenvalue weighted by Gasteiger charge is 2.26. The smallest absolute Gasteiger partial charge is 0.328 e.